The van der Waals surface area contributed by atoms with Crippen LogP contribution in [0.3, 0.4) is 0 Å². The van der Waals surface area contributed by atoms with Crippen molar-refractivity contribution in [3.63, 3.8) is 0 Å². The SMILES string of the molecule is CCCc1nc2cccc(C(=O)O)c2n1CC(F)(F)CO. The summed E-state index contributed by atoms with van der Waals surface area (Å²) in [5.74, 6) is -4.13. The Morgan fingerprint density at radius 2 is 2.14 bits per heavy atom. The van der Waals surface area contributed by atoms with Crippen LogP contribution in [-0.2, 0) is 13.0 Å². The maximum Gasteiger partial charge on any atom is 0.337 e. The summed E-state index contributed by atoms with van der Waals surface area (Å²) in [7, 11) is 0. The van der Waals surface area contributed by atoms with Crippen molar-refractivity contribution in [2.75, 3.05) is 6.61 Å². The Labute approximate surface area is 119 Å². The van der Waals surface area contributed by atoms with Gasteiger partial charge in [-0.25, -0.2) is 18.6 Å². The summed E-state index contributed by atoms with van der Waals surface area (Å²) < 4.78 is 28.3. The zero-order valence-corrected chi connectivity index (χ0v) is 11.5. The van der Waals surface area contributed by atoms with Gasteiger partial charge < -0.3 is 14.8 Å². The Hall–Kier alpha value is -2.02. The van der Waals surface area contributed by atoms with Crippen LogP contribution in [-0.4, -0.2) is 38.3 Å². The Morgan fingerprint density at radius 1 is 1.43 bits per heavy atom. The molecular formula is C14H16F2N2O3. The lowest BCUT2D eigenvalue weighted by molar-refractivity contribution is -0.0626. The highest BCUT2D eigenvalue weighted by atomic mass is 19.3. The summed E-state index contributed by atoms with van der Waals surface area (Å²) in [5, 5.41) is 18.0. The molecule has 0 unspecified atom stereocenters. The van der Waals surface area contributed by atoms with E-state index in [1.54, 1.807) is 6.07 Å². The van der Waals surface area contributed by atoms with Crippen LogP contribution in [0.4, 0.5) is 8.78 Å². The van der Waals surface area contributed by atoms with E-state index in [2.05, 4.69) is 4.98 Å². The van der Waals surface area contributed by atoms with Gasteiger partial charge in [-0.05, 0) is 18.6 Å². The van der Waals surface area contributed by atoms with Gasteiger partial charge in [0.15, 0.2) is 0 Å². The van der Waals surface area contributed by atoms with Crippen molar-refractivity contribution in [2.24, 2.45) is 0 Å². The molecule has 0 aliphatic heterocycles. The molecular weight excluding hydrogens is 282 g/mol. The van der Waals surface area contributed by atoms with E-state index in [4.69, 9.17) is 5.11 Å². The van der Waals surface area contributed by atoms with Gasteiger partial charge in [0, 0.05) is 6.42 Å². The number of aromatic nitrogens is 2. The molecule has 0 amide bonds. The third-order valence-corrected chi connectivity index (χ3v) is 3.17. The molecule has 0 atom stereocenters. The first-order valence-corrected chi connectivity index (χ1v) is 6.59. The number of carbonyl (C=O) groups is 1. The zero-order chi connectivity index (χ0) is 15.6. The second-order valence-electron chi connectivity index (χ2n) is 4.86. The summed E-state index contributed by atoms with van der Waals surface area (Å²) in [6, 6.07) is 4.48. The van der Waals surface area contributed by atoms with Gasteiger partial charge >= 0.3 is 5.97 Å². The van der Waals surface area contributed by atoms with Crippen molar-refractivity contribution < 1.29 is 23.8 Å². The summed E-state index contributed by atoms with van der Waals surface area (Å²) in [6.45, 7) is -0.209. The van der Waals surface area contributed by atoms with Crippen LogP contribution in [0.1, 0.15) is 29.5 Å². The van der Waals surface area contributed by atoms with E-state index < -0.39 is 25.0 Å². The van der Waals surface area contributed by atoms with Gasteiger partial charge in [-0.1, -0.05) is 13.0 Å². The van der Waals surface area contributed by atoms with E-state index >= 15 is 0 Å². The monoisotopic (exact) mass is 298 g/mol. The molecule has 2 rings (SSSR count). The lowest BCUT2D eigenvalue weighted by Crippen LogP contribution is -2.29. The van der Waals surface area contributed by atoms with Crippen LogP contribution in [0, 0.1) is 0 Å². The van der Waals surface area contributed by atoms with Crippen LogP contribution in [0.25, 0.3) is 11.0 Å². The first kappa shape index (κ1) is 15.4. The number of hydrogen-bond donors (Lipinski definition) is 2. The lowest BCUT2D eigenvalue weighted by Gasteiger charge is -2.17. The van der Waals surface area contributed by atoms with E-state index in [9.17, 15) is 18.7 Å². The van der Waals surface area contributed by atoms with Gasteiger partial charge in [-0.2, -0.15) is 0 Å². The molecule has 0 saturated heterocycles. The molecule has 7 heteroatoms. The predicted molar refractivity (Wildman–Crippen MR) is 72.7 cm³/mol. The van der Waals surface area contributed by atoms with Crippen molar-refractivity contribution >= 4 is 17.0 Å². The number of aliphatic hydroxyl groups excluding tert-OH is 1. The van der Waals surface area contributed by atoms with Crippen molar-refractivity contribution in [2.45, 2.75) is 32.2 Å². The Balaban J connectivity index is 2.67. The molecule has 5 nitrogen and oxygen atoms in total. The van der Waals surface area contributed by atoms with Gasteiger partial charge in [-0.15, -0.1) is 0 Å². The van der Waals surface area contributed by atoms with Crippen LogP contribution >= 0.6 is 0 Å². The minimum atomic E-state index is -3.33. The number of hydrogen-bond acceptors (Lipinski definition) is 3. The summed E-state index contributed by atoms with van der Waals surface area (Å²) in [5.41, 5.74) is 0.463. The largest absolute Gasteiger partial charge is 0.478 e. The maximum atomic E-state index is 13.6. The number of aliphatic hydroxyl groups is 1. The molecule has 1 aromatic carbocycles. The number of halogens is 2. The van der Waals surface area contributed by atoms with E-state index in [0.717, 1.165) is 0 Å². The highest BCUT2D eigenvalue weighted by Crippen LogP contribution is 2.25. The highest BCUT2D eigenvalue weighted by molar-refractivity contribution is 6.01. The number of fused-ring (bicyclic) bond motifs is 1. The molecule has 0 spiro atoms. The quantitative estimate of drug-likeness (QED) is 0.858. The van der Waals surface area contributed by atoms with E-state index in [1.165, 1.54) is 16.7 Å². The number of carboxylic acids is 1. The fourth-order valence-electron chi connectivity index (χ4n) is 2.27. The summed E-state index contributed by atoms with van der Waals surface area (Å²) in [4.78, 5) is 15.5. The number of aryl methyl sites for hydroxylation is 1. The number of nitrogens with zero attached hydrogens (tertiary/aromatic N) is 2. The molecule has 2 N–H and O–H groups in total. The highest BCUT2D eigenvalue weighted by Gasteiger charge is 2.31. The first-order valence-electron chi connectivity index (χ1n) is 6.59. The van der Waals surface area contributed by atoms with Crippen molar-refractivity contribution in [3.05, 3.63) is 29.6 Å². The standard InChI is InChI=1S/C14H16F2N2O3/c1-2-4-11-17-10-6-3-5-9(13(20)21)12(10)18(11)7-14(15,16)8-19/h3,5-6,19H,2,4,7-8H2,1H3,(H,20,21). The van der Waals surface area contributed by atoms with Gasteiger partial charge in [0.2, 0.25) is 0 Å². The number of rotatable bonds is 6. The van der Waals surface area contributed by atoms with Gasteiger partial charge in [0.25, 0.3) is 5.92 Å². The molecule has 1 aromatic heterocycles. The second-order valence-corrected chi connectivity index (χ2v) is 4.86. The summed E-state index contributed by atoms with van der Waals surface area (Å²) in [6.07, 6.45) is 1.14. The molecule has 21 heavy (non-hydrogen) atoms. The van der Waals surface area contributed by atoms with Crippen molar-refractivity contribution in [3.8, 4) is 0 Å². The molecule has 0 fully saturated rings. The fraction of sp³-hybridized carbons (Fsp3) is 0.429. The number of para-hydroxylation sites is 1. The lowest BCUT2D eigenvalue weighted by atomic mass is 10.2. The smallest absolute Gasteiger partial charge is 0.337 e. The minimum Gasteiger partial charge on any atom is -0.478 e. The number of carboxylic acid groups (broad SMARTS) is 1. The van der Waals surface area contributed by atoms with Crippen molar-refractivity contribution in [1.82, 2.24) is 9.55 Å². The fourth-order valence-corrected chi connectivity index (χ4v) is 2.27. The maximum absolute atomic E-state index is 13.6. The van der Waals surface area contributed by atoms with Crippen LogP contribution < -0.4 is 0 Å². The number of aromatic carboxylic acids is 1. The molecule has 114 valence electrons. The molecule has 0 saturated carbocycles. The van der Waals surface area contributed by atoms with E-state index in [0.29, 0.717) is 24.2 Å². The predicted octanol–water partition coefficient (Wildman–Crippen LogP) is 2.31. The average Bonchev–Trinajstić information content (AvgIpc) is 2.76. The second kappa shape index (κ2) is 5.77. The molecule has 0 radical (unpaired) electrons. The number of benzene rings is 1. The van der Waals surface area contributed by atoms with Crippen LogP contribution in [0.5, 0.6) is 0 Å². The Bertz CT molecular complexity index is 668. The first-order chi connectivity index (χ1) is 9.89. The van der Waals surface area contributed by atoms with Gasteiger partial charge in [-0.3, -0.25) is 0 Å². The molecule has 1 heterocycles. The van der Waals surface area contributed by atoms with Gasteiger partial charge in [0.05, 0.1) is 23.1 Å². The van der Waals surface area contributed by atoms with Crippen LogP contribution in [0.15, 0.2) is 18.2 Å². The minimum absolute atomic E-state index is 0.0731. The molecule has 2 aromatic rings. The van der Waals surface area contributed by atoms with E-state index in [-0.39, 0.29) is 11.1 Å². The molecule has 0 aliphatic rings. The molecule has 0 bridgehead atoms. The van der Waals surface area contributed by atoms with Crippen LogP contribution in [0.2, 0.25) is 0 Å². The number of alkyl halides is 2. The third kappa shape index (κ3) is 3.02. The number of imidazole rings is 1. The van der Waals surface area contributed by atoms with Crippen molar-refractivity contribution in [1.29, 1.82) is 0 Å². The van der Waals surface area contributed by atoms with E-state index in [1.807, 2.05) is 6.92 Å². The Morgan fingerprint density at radius 3 is 2.71 bits per heavy atom. The average molecular weight is 298 g/mol. The zero-order valence-electron chi connectivity index (χ0n) is 11.5. The Kier molecular flexibility index (Phi) is 4.22. The van der Waals surface area contributed by atoms with Gasteiger partial charge in [0.1, 0.15) is 12.4 Å². The third-order valence-electron chi connectivity index (χ3n) is 3.17. The normalized spacial score (nSPS) is 12.0. The molecule has 0 aliphatic carbocycles. The topological polar surface area (TPSA) is 75.3 Å². The summed E-state index contributed by atoms with van der Waals surface area (Å²) >= 11 is 0.